The third-order valence-corrected chi connectivity index (χ3v) is 4.64. The van der Waals surface area contributed by atoms with E-state index in [0.29, 0.717) is 6.04 Å². The van der Waals surface area contributed by atoms with Gasteiger partial charge in [0.05, 0.1) is 5.69 Å². The van der Waals surface area contributed by atoms with E-state index in [1.807, 2.05) is 0 Å². The molecule has 1 atom stereocenters. The summed E-state index contributed by atoms with van der Waals surface area (Å²) in [5, 5.41) is 12.2. The molecule has 1 aliphatic carbocycles. The molecule has 2 fully saturated rings. The van der Waals surface area contributed by atoms with Crippen molar-refractivity contribution in [2.75, 3.05) is 31.6 Å². The first-order valence-electron chi connectivity index (χ1n) is 8.27. The number of hydrogen-bond acceptors (Lipinski definition) is 5. The van der Waals surface area contributed by atoms with Gasteiger partial charge in [0.2, 0.25) is 0 Å². The summed E-state index contributed by atoms with van der Waals surface area (Å²) in [5.74, 6) is 0.980. The number of nitrogens with one attached hydrogen (secondary N) is 1. The standard InChI is InChI=1S/C16H27N5/c1-3-21-10-4-5-15(21)12-20(2)16-9-8-14(18-19-16)11-17-13-6-7-13/h8-9,13,15,17H,3-7,10-12H2,1-2H3. The number of anilines is 1. The predicted molar refractivity (Wildman–Crippen MR) is 85.4 cm³/mol. The minimum Gasteiger partial charge on any atom is -0.357 e. The molecule has 0 spiro atoms. The van der Waals surface area contributed by atoms with E-state index in [1.165, 1.54) is 32.2 Å². The summed E-state index contributed by atoms with van der Waals surface area (Å²) >= 11 is 0. The summed E-state index contributed by atoms with van der Waals surface area (Å²) in [5.41, 5.74) is 1.04. The third kappa shape index (κ3) is 3.92. The van der Waals surface area contributed by atoms with Crippen molar-refractivity contribution in [3.8, 4) is 0 Å². The number of hydrogen-bond donors (Lipinski definition) is 1. The number of likely N-dealkylation sites (N-methyl/N-ethyl adjacent to an activating group) is 2. The maximum absolute atomic E-state index is 4.39. The molecule has 1 saturated carbocycles. The summed E-state index contributed by atoms with van der Waals surface area (Å²) in [6, 6.07) is 5.58. The van der Waals surface area contributed by atoms with Gasteiger partial charge in [-0.3, -0.25) is 4.90 Å². The minimum absolute atomic E-state index is 0.665. The zero-order valence-corrected chi connectivity index (χ0v) is 13.3. The largest absolute Gasteiger partial charge is 0.357 e. The fraction of sp³-hybridized carbons (Fsp3) is 0.750. The first kappa shape index (κ1) is 14.7. The highest BCUT2D eigenvalue weighted by Crippen LogP contribution is 2.20. The van der Waals surface area contributed by atoms with E-state index < -0.39 is 0 Å². The van der Waals surface area contributed by atoms with Crippen LogP contribution in [0.25, 0.3) is 0 Å². The van der Waals surface area contributed by atoms with Gasteiger partial charge in [0, 0.05) is 32.2 Å². The van der Waals surface area contributed by atoms with Crippen molar-refractivity contribution in [2.24, 2.45) is 0 Å². The molecule has 0 bridgehead atoms. The highest BCUT2D eigenvalue weighted by Gasteiger charge is 2.24. The quantitative estimate of drug-likeness (QED) is 0.827. The van der Waals surface area contributed by atoms with E-state index in [4.69, 9.17) is 0 Å². The van der Waals surface area contributed by atoms with E-state index in [-0.39, 0.29) is 0 Å². The Labute approximate surface area is 127 Å². The van der Waals surface area contributed by atoms with Gasteiger partial charge in [-0.2, -0.15) is 5.10 Å². The lowest BCUT2D eigenvalue weighted by atomic mass is 10.2. The summed E-state index contributed by atoms with van der Waals surface area (Å²) < 4.78 is 0. The highest BCUT2D eigenvalue weighted by molar-refractivity contribution is 5.36. The van der Waals surface area contributed by atoms with Crippen LogP contribution < -0.4 is 10.2 Å². The van der Waals surface area contributed by atoms with Gasteiger partial charge in [0.1, 0.15) is 0 Å². The first-order valence-corrected chi connectivity index (χ1v) is 8.27. The van der Waals surface area contributed by atoms with Crippen molar-refractivity contribution in [3.63, 3.8) is 0 Å². The van der Waals surface area contributed by atoms with Crippen molar-refractivity contribution >= 4 is 5.82 Å². The summed E-state index contributed by atoms with van der Waals surface area (Å²) in [6.45, 7) is 6.53. The van der Waals surface area contributed by atoms with Crippen LogP contribution in [0.15, 0.2) is 12.1 Å². The van der Waals surface area contributed by atoms with Gasteiger partial charge in [-0.05, 0) is 50.9 Å². The third-order valence-electron chi connectivity index (χ3n) is 4.64. The van der Waals surface area contributed by atoms with Crippen molar-refractivity contribution in [1.29, 1.82) is 0 Å². The van der Waals surface area contributed by atoms with Gasteiger partial charge in [0.25, 0.3) is 0 Å². The molecule has 1 aromatic rings. The Morgan fingerprint density at radius 1 is 1.29 bits per heavy atom. The number of likely N-dealkylation sites (tertiary alicyclic amines) is 1. The SMILES string of the molecule is CCN1CCCC1CN(C)c1ccc(CNC2CC2)nn1. The lowest BCUT2D eigenvalue weighted by molar-refractivity contribution is 0.270. The Morgan fingerprint density at radius 3 is 2.81 bits per heavy atom. The number of aromatic nitrogens is 2. The molecule has 1 N–H and O–H groups in total. The number of rotatable bonds is 7. The summed E-state index contributed by atoms with van der Waals surface area (Å²) in [7, 11) is 2.12. The van der Waals surface area contributed by atoms with Crippen molar-refractivity contribution < 1.29 is 0 Å². The molecule has 0 amide bonds. The van der Waals surface area contributed by atoms with Gasteiger partial charge < -0.3 is 10.2 Å². The van der Waals surface area contributed by atoms with Crippen molar-refractivity contribution in [3.05, 3.63) is 17.8 Å². The van der Waals surface area contributed by atoms with Crippen LogP contribution in [-0.2, 0) is 6.54 Å². The molecular formula is C16H27N5. The summed E-state index contributed by atoms with van der Waals surface area (Å²) in [4.78, 5) is 4.81. The normalized spacial score (nSPS) is 22.7. The Kier molecular flexibility index (Phi) is 4.70. The lowest BCUT2D eigenvalue weighted by Crippen LogP contribution is -2.39. The number of nitrogens with zero attached hydrogens (tertiary/aromatic N) is 4. The van der Waals surface area contributed by atoms with Crippen molar-refractivity contribution in [2.45, 2.75) is 51.2 Å². The van der Waals surface area contributed by atoms with E-state index in [1.54, 1.807) is 0 Å². The second-order valence-electron chi connectivity index (χ2n) is 6.34. The molecule has 1 unspecified atom stereocenters. The van der Waals surface area contributed by atoms with Crippen LogP contribution in [-0.4, -0.2) is 53.9 Å². The van der Waals surface area contributed by atoms with Gasteiger partial charge in [0.15, 0.2) is 5.82 Å². The zero-order chi connectivity index (χ0) is 14.7. The zero-order valence-electron chi connectivity index (χ0n) is 13.3. The molecule has 5 heteroatoms. The fourth-order valence-corrected chi connectivity index (χ4v) is 3.11. The van der Waals surface area contributed by atoms with Crippen LogP contribution in [0, 0.1) is 0 Å². The maximum atomic E-state index is 4.39. The second-order valence-corrected chi connectivity index (χ2v) is 6.34. The maximum Gasteiger partial charge on any atom is 0.151 e. The molecule has 1 aliphatic heterocycles. The van der Waals surface area contributed by atoms with Gasteiger partial charge in [-0.15, -0.1) is 5.10 Å². The molecule has 0 aromatic carbocycles. The van der Waals surface area contributed by atoms with E-state index >= 15 is 0 Å². The topological polar surface area (TPSA) is 44.3 Å². The highest BCUT2D eigenvalue weighted by atomic mass is 15.3. The molecule has 1 saturated heterocycles. The van der Waals surface area contributed by atoms with Crippen LogP contribution in [0.2, 0.25) is 0 Å². The van der Waals surface area contributed by atoms with Crippen LogP contribution >= 0.6 is 0 Å². The molecule has 5 nitrogen and oxygen atoms in total. The van der Waals surface area contributed by atoms with Crippen LogP contribution in [0.5, 0.6) is 0 Å². The molecule has 21 heavy (non-hydrogen) atoms. The minimum atomic E-state index is 0.665. The van der Waals surface area contributed by atoms with Gasteiger partial charge >= 0.3 is 0 Å². The Bertz CT molecular complexity index is 442. The molecule has 2 heterocycles. The van der Waals surface area contributed by atoms with Crippen LogP contribution in [0.1, 0.15) is 38.3 Å². The monoisotopic (exact) mass is 289 g/mol. The van der Waals surface area contributed by atoms with Crippen molar-refractivity contribution in [1.82, 2.24) is 20.4 Å². The predicted octanol–water partition coefficient (Wildman–Crippen LogP) is 1.65. The molecule has 1 aromatic heterocycles. The van der Waals surface area contributed by atoms with E-state index in [9.17, 15) is 0 Å². The lowest BCUT2D eigenvalue weighted by Gasteiger charge is -2.28. The van der Waals surface area contributed by atoms with Crippen LogP contribution in [0.3, 0.4) is 0 Å². The Hall–Kier alpha value is -1.20. The summed E-state index contributed by atoms with van der Waals surface area (Å²) in [6.07, 6.45) is 5.24. The smallest absolute Gasteiger partial charge is 0.151 e. The molecule has 3 rings (SSSR count). The fourth-order valence-electron chi connectivity index (χ4n) is 3.11. The Balaban J connectivity index is 1.52. The van der Waals surface area contributed by atoms with E-state index in [0.717, 1.165) is 37.2 Å². The average Bonchev–Trinajstić information content (AvgIpc) is 3.24. The molecule has 116 valence electrons. The second kappa shape index (κ2) is 6.71. The molecule has 0 radical (unpaired) electrons. The van der Waals surface area contributed by atoms with Gasteiger partial charge in [-0.25, -0.2) is 0 Å². The van der Waals surface area contributed by atoms with Gasteiger partial charge in [-0.1, -0.05) is 6.92 Å². The Morgan fingerprint density at radius 2 is 2.14 bits per heavy atom. The average molecular weight is 289 g/mol. The first-order chi connectivity index (χ1) is 10.3. The molecule has 2 aliphatic rings. The molecular weight excluding hydrogens is 262 g/mol. The van der Waals surface area contributed by atoms with E-state index in [2.05, 4.69) is 51.4 Å². The van der Waals surface area contributed by atoms with Crippen LogP contribution in [0.4, 0.5) is 5.82 Å².